The van der Waals surface area contributed by atoms with Gasteiger partial charge in [0.25, 0.3) is 0 Å². The first kappa shape index (κ1) is 22.2. The zero-order valence-electron chi connectivity index (χ0n) is 16.8. The summed E-state index contributed by atoms with van der Waals surface area (Å²) in [6, 6.07) is 23.8. The molecule has 0 radical (unpaired) electrons. The minimum atomic E-state index is -0.826. The molecule has 146 valence electrons. The maximum atomic E-state index is 4.93. The van der Waals surface area contributed by atoms with Crippen LogP contribution in [-0.4, -0.2) is 4.57 Å². The van der Waals surface area contributed by atoms with Crippen molar-refractivity contribution < 1.29 is 20.8 Å². The molecule has 0 bridgehead atoms. The zero-order valence-corrected chi connectivity index (χ0v) is 20.8. The molecule has 0 fully saturated rings. The van der Waals surface area contributed by atoms with Crippen molar-refractivity contribution in [1.29, 1.82) is 0 Å². The molecule has 0 atom stereocenters. The fourth-order valence-electron chi connectivity index (χ4n) is 3.50. The van der Waals surface area contributed by atoms with Crippen molar-refractivity contribution in [1.82, 2.24) is 4.57 Å². The average Bonchev–Trinajstić information content (AvgIpc) is 3.37. The molecule has 1 heterocycles. The molecule has 1 aliphatic carbocycles. The van der Waals surface area contributed by atoms with E-state index in [1.54, 1.807) is 0 Å². The van der Waals surface area contributed by atoms with Crippen LogP contribution in [0.1, 0.15) is 19.5 Å². The number of benzene rings is 2. The minimum absolute atomic E-state index is 0.208. The van der Waals surface area contributed by atoms with Gasteiger partial charge in [0.15, 0.2) is 0 Å². The van der Waals surface area contributed by atoms with E-state index >= 15 is 0 Å². The second-order valence-corrected chi connectivity index (χ2v) is 11.2. The molecule has 3 aromatic carbocycles. The van der Waals surface area contributed by atoms with Crippen LogP contribution in [0.3, 0.4) is 0 Å². The van der Waals surface area contributed by atoms with E-state index in [4.69, 9.17) is 17.0 Å². The van der Waals surface area contributed by atoms with E-state index in [-0.39, 0.29) is 5.41 Å². The van der Waals surface area contributed by atoms with Crippen molar-refractivity contribution in [2.45, 2.75) is 20.8 Å². The molecule has 1 aliphatic rings. The number of para-hydroxylation sites is 1. The number of halogens is 2. The van der Waals surface area contributed by atoms with Gasteiger partial charge in [-0.1, -0.05) is 43.5 Å². The van der Waals surface area contributed by atoms with Crippen molar-refractivity contribution in [3.63, 3.8) is 0 Å². The molecule has 0 saturated carbocycles. The summed E-state index contributed by atoms with van der Waals surface area (Å²) in [7, 11) is 9.87. The van der Waals surface area contributed by atoms with Crippen molar-refractivity contribution in [3.8, 4) is 5.69 Å². The molecule has 0 N–H and O–H groups in total. The number of allylic oxidation sites excluding steroid dienone is 4. The molecule has 0 amide bonds. The molecule has 4 heteroatoms. The monoisotopic (exact) mass is 497 g/mol. The molecular formula is C25H23Cl2NZr. The summed E-state index contributed by atoms with van der Waals surface area (Å²) >= 11 is -0.826. The third-order valence-electron chi connectivity index (χ3n) is 4.82. The van der Waals surface area contributed by atoms with Gasteiger partial charge in [-0.2, -0.15) is 6.08 Å². The Morgan fingerprint density at radius 3 is 2.21 bits per heavy atom. The Kier molecular flexibility index (Phi) is 7.68. The normalized spacial score (nSPS) is 13.6. The molecule has 0 spiro atoms. The summed E-state index contributed by atoms with van der Waals surface area (Å²) in [4.78, 5) is 0. The fraction of sp³-hybridized carbons (Fsp3) is 0.160. The van der Waals surface area contributed by atoms with E-state index in [9.17, 15) is 0 Å². The molecule has 0 unspecified atom stereocenters. The van der Waals surface area contributed by atoms with Gasteiger partial charge in [0.05, 0.1) is 5.52 Å². The first-order valence-corrected chi connectivity index (χ1v) is 15.8. The molecule has 5 rings (SSSR count). The molecule has 1 aromatic heterocycles. The van der Waals surface area contributed by atoms with Crippen LogP contribution in [0.4, 0.5) is 0 Å². The molecule has 0 saturated heterocycles. The Morgan fingerprint density at radius 2 is 1.62 bits per heavy atom. The number of fused-ring (bicyclic) bond motifs is 2. The van der Waals surface area contributed by atoms with Crippen LogP contribution in [0.5, 0.6) is 0 Å². The van der Waals surface area contributed by atoms with E-state index < -0.39 is 20.8 Å². The Morgan fingerprint density at radius 1 is 0.966 bits per heavy atom. The second kappa shape index (κ2) is 10.0. The van der Waals surface area contributed by atoms with Gasteiger partial charge < -0.3 is 4.57 Å². The van der Waals surface area contributed by atoms with E-state index in [2.05, 4.69) is 104 Å². The average molecular weight is 500 g/mol. The Hall–Kier alpha value is -1.47. The summed E-state index contributed by atoms with van der Waals surface area (Å²) in [6.07, 6.45) is 9.28. The van der Waals surface area contributed by atoms with Crippen LogP contribution in [0.25, 0.3) is 27.4 Å². The summed E-state index contributed by atoms with van der Waals surface area (Å²) < 4.78 is 2.33. The van der Waals surface area contributed by atoms with Crippen LogP contribution in [0.2, 0.25) is 0 Å². The number of rotatable bonds is 1. The topological polar surface area (TPSA) is 4.93 Å². The number of aryl methyl sites for hydroxylation is 1. The number of hydrogen-bond acceptors (Lipinski definition) is 0. The first-order valence-electron chi connectivity index (χ1n) is 9.43. The van der Waals surface area contributed by atoms with Crippen LogP contribution in [0, 0.1) is 18.4 Å². The van der Waals surface area contributed by atoms with Gasteiger partial charge in [-0.25, -0.2) is 12.2 Å². The van der Waals surface area contributed by atoms with Gasteiger partial charge in [0, 0.05) is 11.1 Å². The van der Waals surface area contributed by atoms with Gasteiger partial charge >= 0.3 is 37.9 Å². The summed E-state index contributed by atoms with van der Waals surface area (Å²) in [5, 5.41) is 3.90. The van der Waals surface area contributed by atoms with Gasteiger partial charge in [-0.05, 0) is 24.7 Å². The summed E-state index contributed by atoms with van der Waals surface area (Å²) in [5.74, 6) is 0. The van der Waals surface area contributed by atoms with Crippen LogP contribution in [-0.2, 0) is 20.8 Å². The molecular weight excluding hydrogens is 476 g/mol. The molecule has 4 aromatic rings. The Labute approximate surface area is 191 Å². The SMILES string of the molecule is CC1(C)[C-]=CC=C1.Cc1cc2ccccc2n1-c1cc2ccccc2[cH-]1.[Cl][Zr+2][Cl]. The number of nitrogens with zero attached hydrogens (tertiary/aromatic N) is 1. The van der Waals surface area contributed by atoms with E-state index in [1.165, 1.54) is 33.1 Å². The van der Waals surface area contributed by atoms with Gasteiger partial charge in [0.1, 0.15) is 0 Å². The van der Waals surface area contributed by atoms with Crippen molar-refractivity contribution in [2.24, 2.45) is 5.41 Å². The van der Waals surface area contributed by atoms with E-state index in [0.717, 1.165) is 0 Å². The molecule has 0 aliphatic heterocycles. The van der Waals surface area contributed by atoms with E-state index in [0.29, 0.717) is 0 Å². The molecule has 29 heavy (non-hydrogen) atoms. The Balaban J connectivity index is 0.000000201. The van der Waals surface area contributed by atoms with Crippen LogP contribution < -0.4 is 0 Å². The van der Waals surface area contributed by atoms with Crippen molar-refractivity contribution in [3.05, 3.63) is 96.7 Å². The predicted molar refractivity (Wildman–Crippen MR) is 124 cm³/mol. The number of aromatic nitrogens is 1. The summed E-state index contributed by atoms with van der Waals surface area (Å²) in [6.45, 7) is 6.43. The summed E-state index contributed by atoms with van der Waals surface area (Å²) in [5.41, 5.74) is 4.01. The molecule has 1 nitrogen and oxygen atoms in total. The third-order valence-corrected chi connectivity index (χ3v) is 4.82. The maximum absolute atomic E-state index is 4.93. The van der Waals surface area contributed by atoms with Crippen molar-refractivity contribution in [2.75, 3.05) is 0 Å². The second-order valence-electron chi connectivity index (χ2n) is 7.49. The standard InChI is InChI=1S/C18H14N.C7H9.2ClH.Zr/c1-13-10-16-8-4-5-9-18(16)19(13)17-11-14-6-2-3-7-15(14)12-17;1-7(2)5-3-4-6-7;;;/h2-12H,1H3;3-5H,1-2H3;2*1H;/q2*-1;;;+4/p-2. The van der Waals surface area contributed by atoms with Gasteiger partial charge in [-0.15, -0.1) is 41.1 Å². The third kappa shape index (κ3) is 5.57. The predicted octanol–water partition coefficient (Wildman–Crippen LogP) is 8.13. The zero-order chi connectivity index (χ0) is 20.9. The first-order chi connectivity index (χ1) is 13.9. The van der Waals surface area contributed by atoms with Crippen LogP contribution >= 0.6 is 17.0 Å². The quantitative estimate of drug-likeness (QED) is 0.233. The Bertz CT molecular complexity index is 1100. The fourth-order valence-corrected chi connectivity index (χ4v) is 3.50. The van der Waals surface area contributed by atoms with Gasteiger partial charge in [-0.3, -0.25) is 6.08 Å². The van der Waals surface area contributed by atoms with Crippen LogP contribution in [0.15, 0.2) is 85.0 Å². The van der Waals surface area contributed by atoms with Crippen molar-refractivity contribution >= 4 is 38.7 Å². The van der Waals surface area contributed by atoms with Gasteiger partial charge in [0.2, 0.25) is 0 Å². The van der Waals surface area contributed by atoms with E-state index in [1.807, 2.05) is 12.2 Å². The number of hydrogen-bond donors (Lipinski definition) is 0.